The quantitative estimate of drug-likeness (QED) is 0.0230. The van der Waals surface area contributed by atoms with Gasteiger partial charge in [0.15, 0.2) is 0 Å². The number of aliphatic carboxylic acids is 1. The highest BCUT2D eigenvalue weighted by atomic mass is 16.5. The Morgan fingerprint density at radius 3 is 1.28 bits per heavy atom. The number of rotatable bonds is 48. The average Bonchev–Trinajstić information content (AvgIpc) is 0.989. The lowest BCUT2D eigenvalue weighted by Gasteiger charge is -2.30. The van der Waals surface area contributed by atoms with Gasteiger partial charge in [-0.25, -0.2) is 4.79 Å². The van der Waals surface area contributed by atoms with Crippen LogP contribution in [0.3, 0.4) is 0 Å². The van der Waals surface area contributed by atoms with Crippen molar-refractivity contribution in [3.8, 4) is 0 Å². The van der Waals surface area contributed by atoms with E-state index in [9.17, 15) is 96.5 Å². The Morgan fingerprint density at radius 1 is 0.426 bits per heavy atom. The number of primary amides is 4. The van der Waals surface area contributed by atoms with Crippen LogP contribution in [0, 0.1) is 41.4 Å². The van der Waals surface area contributed by atoms with Gasteiger partial charge in [-0.1, -0.05) is 142 Å². The zero-order valence-electron chi connectivity index (χ0n) is 73.7. The molecule has 1 heterocycles. The Bertz CT molecular complexity index is 3560. The van der Waals surface area contributed by atoms with E-state index in [4.69, 9.17) is 27.7 Å². The first-order valence-electron chi connectivity index (χ1n) is 42.4. The maximum Gasteiger partial charge on any atom is 0.329 e. The molecule has 41 nitrogen and oxygen atoms in total. The summed E-state index contributed by atoms with van der Waals surface area (Å²) in [4.78, 5) is 277. The number of esters is 1. The van der Waals surface area contributed by atoms with E-state index in [-0.39, 0.29) is 56.3 Å². The molecule has 1 saturated heterocycles. The number of unbranched alkanes of at least 4 members (excludes halogenated alkanes) is 4. The second-order valence-corrected chi connectivity index (χ2v) is 33.9. The zero-order valence-corrected chi connectivity index (χ0v) is 73.7. The van der Waals surface area contributed by atoms with Crippen molar-refractivity contribution >= 4 is 118 Å². The SMILES string of the molecule is CCCCCCC[C@@H](O)CC(=O)N[C@@H](CC(C)C)C(=O)N[C@H](CCC(=O)O)C(=O)N[C@H](CCC(N)=O)C(=O)N[C@@H](C(=O)N[C@H](CC(C)C)C(=O)N[C@@H](CCC(N)=O)C(=O)N[C@@H]1COC(=O)[C@H]([C@@H](C)CC)NC(=O)[C@@H](CCC(N)=O)NC(=O)[C@H](C)NC(=O)[C@H](CC(C)C)NC(=O)[C@@H](CCC(N)=O)NC(=O)[C@@H](CC(C)C)NC(=O)[C@@H](C(C)C)NC1=O)C(C)C. The number of nitrogens with one attached hydrogen (secondary N) is 14. The molecule has 122 heavy (non-hydrogen) atoms. The van der Waals surface area contributed by atoms with Crippen LogP contribution < -0.4 is 97.4 Å². The van der Waals surface area contributed by atoms with Gasteiger partial charge < -0.3 is 112 Å². The number of ether oxygens (including phenoxy) is 1. The number of amides is 18. The van der Waals surface area contributed by atoms with Crippen LogP contribution in [0.4, 0.5) is 0 Å². The molecule has 0 aromatic heterocycles. The van der Waals surface area contributed by atoms with E-state index in [0.717, 1.165) is 25.7 Å². The maximum absolute atomic E-state index is 15.1. The van der Waals surface area contributed by atoms with Gasteiger partial charge in [0.05, 0.1) is 12.5 Å². The number of hydrogen-bond donors (Lipinski definition) is 20. The monoisotopic (exact) mass is 1730 g/mol. The average molecular weight is 1730 g/mol. The molecule has 0 aliphatic carbocycles. The molecule has 1 rings (SSSR count). The van der Waals surface area contributed by atoms with Crippen LogP contribution in [-0.2, 0) is 101 Å². The van der Waals surface area contributed by atoms with Crippen molar-refractivity contribution in [3.63, 3.8) is 0 Å². The highest BCUT2D eigenvalue weighted by molar-refractivity contribution is 6.01. The Morgan fingerprint density at radius 2 is 0.828 bits per heavy atom. The van der Waals surface area contributed by atoms with Crippen LogP contribution in [0.15, 0.2) is 0 Å². The Labute approximate surface area is 714 Å². The summed E-state index contributed by atoms with van der Waals surface area (Å²) in [5, 5.41) is 55.5. The van der Waals surface area contributed by atoms with Crippen molar-refractivity contribution in [1.29, 1.82) is 0 Å². The summed E-state index contributed by atoms with van der Waals surface area (Å²) >= 11 is 0. The number of hydrogen-bond acceptors (Lipinski definition) is 22. The van der Waals surface area contributed by atoms with Crippen molar-refractivity contribution in [2.24, 2.45) is 64.4 Å². The number of carbonyl (C=O) groups is 20. The van der Waals surface area contributed by atoms with Gasteiger partial charge >= 0.3 is 11.9 Å². The van der Waals surface area contributed by atoms with Crippen LogP contribution in [0.5, 0.6) is 0 Å². The van der Waals surface area contributed by atoms with Crippen molar-refractivity contribution in [2.75, 3.05) is 6.61 Å². The van der Waals surface area contributed by atoms with E-state index in [2.05, 4.69) is 81.4 Å². The van der Waals surface area contributed by atoms with Gasteiger partial charge in [-0.15, -0.1) is 0 Å². The molecule has 0 radical (unpaired) electrons. The molecule has 0 spiro atoms. The number of carbonyl (C=O) groups excluding carboxylic acids is 19. The van der Waals surface area contributed by atoms with E-state index in [1.165, 1.54) is 41.5 Å². The maximum atomic E-state index is 15.1. The third-order valence-electron chi connectivity index (χ3n) is 20.0. The molecule has 1 aliphatic heterocycles. The molecule has 1 aliphatic rings. The largest absolute Gasteiger partial charge is 0.481 e. The van der Waals surface area contributed by atoms with Crippen molar-refractivity contribution in [3.05, 3.63) is 0 Å². The highest BCUT2D eigenvalue weighted by Gasteiger charge is 2.41. The molecule has 0 aromatic carbocycles. The predicted octanol–water partition coefficient (Wildman–Crippen LogP) is -2.07. The van der Waals surface area contributed by atoms with Crippen LogP contribution in [0.1, 0.15) is 252 Å². The number of carboxylic acid groups (broad SMARTS) is 1. The van der Waals surface area contributed by atoms with Crippen LogP contribution >= 0.6 is 0 Å². The number of cyclic esters (lactones) is 1. The summed E-state index contributed by atoms with van der Waals surface area (Å²) in [6.07, 6.45) is -2.23. The fourth-order valence-electron chi connectivity index (χ4n) is 12.9. The minimum absolute atomic E-state index is 0.0343. The first-order chi connectivity index (χ1) is 56.9. The summed E-state index contributed by atoms with van der Waals surface area (Å²) in [5.74, 6) is -24.9. The minimum Gasteiger partial charge on any atom is -0.481 e. The Kier molecular flexibility index (Phi) is 50.3. The van der Waals surface area contributed by atoms with Crippen molar-refractivity contribution in [1.82, 2.24) is 74.4 Å². The van der Waals surface area contributed by atoms with Gasteiger partial charge in [0, 0.05) is 32.1 Å². The first-order valence-corrected chi connectivity index (χ1v) is 42.4. The first kappa shape index (κ1) is 109. The molecule has 41 heteroatoms. The van der Waals surface area contributed by atoms with Crippen molar-refractivity contribution in [2.45, 2.75) is 343 Å². The molecule has 0 bridgehead atoms. The standard InChI is InChI=1S/C81H140N18O23/c1-17-19-20-21-22-23-48(100)38-63(105)87-54(34-40(3)4)75(115)92-53(28-33-64(106)107)69(109)89-52(27-32-62(85)104)72(112)97-65(44(11)12)79(119)94-57(37-43(9)10)77(117)91-50(25-30-60(83)102)71(111)96-58-39-122-81(121)67(46(15)18-2)99-73(113)51(26-31-61(84)103)88-68(108)47(16)86-74(114)55(35-41(5)6)93-70(110)49(24-29-59(82)101)90-76(116)56(36-42(7)8)95-80(120)66(45(13)14)98-78(58)118/h40-58,65-67,100H,17-39H2,1-16H3,(H2,82,101)(H2,83,102)(H2,84,103)(H2,85,104)(H,86,114)(H,87,105)(H,88,108)(H,89,109)(H,90,116)(H,91,117)(H,92,115)(H,93,110)(H,94,119)(H,95,120)(H,96,111)(H,97,112)(H,98,118)(H,99,113)(H,106,107)/t46-,47-,48+,49+,50-,51+,52+,53+,54-,55-,56+,57+,58+,65+,66+,67-/m0/s1. The molecular weight excluding hydrogens is 1590 g/mol. The molecule has 692 valence electrons. The van der Waals surface area contributed by atoms with E-state index in [0.29, 0.717) is 12.8 Å². The van der Waals surface area contributed by atoms with E-state index < -0.39 is 303 Å². The van der Waals surface area contributed by atoms with Gasteiger partial charge in [0.25, 0.3) is 0 Å². The highest BCUT2D eigenvalue weighted by Crippen LogP contribution is 2.19. The third kappa shape index (κ3) is 43.2. The number of aliphatic hydroxyl groups is 1. The van der Waals surface area contributed by atoms with E-state index in [1.54, 1.807) is 62.3 Å². The lowest BCUT2D eigenvalue weighted by atomic mass is 9.98. The molecule has 24 N–H and O–H groups in total. The summed E-state index contributed by atoms with van der Waals surface area (Å²) in [6.45, 7) is 24.9. The van der Waals surface area contributed by atoms with Crippen LogP contribution in [-0.4, -0.2) is 226 Å². The van der Waals surface area contributed by atoms with E-state index >= 15 is 9.59 Å². The molecule has 0 saturated carbocycles. The predicted molar refractivity (Wildman–Crippen MR) is 445 cm³/mol. The van der Waals surface area contributed by atoms with Gasteiger partial charge in [-0.05, 0) is 113 Å². The molecule has 16 atom stereocenters. The third-order valence-corrected chi connectivity index (χ3v) is 20.0. The lowest BCUT2D eigenvalue weighted by Crippen LogP contribution is -2.62. The van der Waals surface area contributed by atoms with Crippen LogP contribution in [0.25, 0.3) is 0 Å². The summed E-state index contributed by atoms with van der Waals surface area (Å²) in [6, 6.07) is -22.9. The number of nitrogens with two attached hydrogens (primary N) is 4. The Hall–Kier alpha value is -10.6. The second-order valence-electron chi connectivity index (χ2n) is 33.9. The smallest absolute Gasteiger partial charge is 0.329 e. The fourth-order valence-corrected chi connectivity index (χ4v) is 12.9. The second kappa shape index (κ2) is 56.1. The summed E-state index contributed by atoms with van der Waals surface area (Å²) < 4.78 is 5.75. The fraction of sp³-hybridized carbons (Fsp3) is 0.753. The van der Waals surface area contributed by atoms with Gasteiger partial charge in [0.1, 0.15) is 91.2 Å². The number of carboxylic acids is 1. The Balaban J connectivity index is 4.16. The van der Waals surface area contributed by atoms with Gasteiger partial charge in [-0.3, -0.25) is 91.1 Å². The topological polar surface area (TPSA) is 664 Å². The van der Waals surface area contributed by atoms with Crippen LogP contribution in [0.2, 0.25) is 0 Å². The molecule has 1 fully saturated rings. The molecule has 0 unspecified atom stereocenters. The molecular formula is C81H140N18O23. The van der Waals surface area contributed by atoms with Gasteiger partial charge in [0.2, 0.25) is 106 Å². The normalized spacial score (nSPS) is 20.8. The van der Waals surface area contributed by atoms with Crippen molar-refractivity contribution < 1.29 is 111 Å². The lowest BCUT2D eigenvalue weighted by molar-refractivity contribution is -0.152. The summed E-state index contributed by atoms with van der Waals surface area (Å²) in [5.41, 5.74) is 22.1. The minimum atomic E-state index is -2.11. The number of aliphatic hydroxyl groups excluding tert-OH is 1. The summed E-state index contributed by atoms with van der Waals surface area (Å²) in [7, 11) is 0. The van der Waals surface area contributed by atoms with E-state index in [1.807, 2.05) is 0 Å². The molecule has 0 aromatic rings. The zero-order chi connectivity index (χ0) is 93.1. The van der Waals surface area contributed by atoms with Gasteiger partial charge in [-0.2, -0.15) is 0 Å². The molecule has 18 amide bonds.